The largest absolute Gasteiger partial charge is 0.476 e. The predicted octanol–water partition coefficient (Wildman–Crippen LogP) is 1.70. The van der Waals surface area contributed by atoms with Gasteiger partial charge in [-0.3, -0.25) is 0 Å². The molecule has 2 rings (SSSR count). The second-order valence-electron chi connectivity index (χ2n) is 4.03. The first-order valence-corrected chi connectivity index (χ1v) is 5.79. The van der Waals surface area contributed by atoms with Gasteiger partial charge in [0.2, 0.25) is 0 Å². The van der Waals surface area contributed by atoms with Gasteiger partial charge in [0.1, 0.15) is 11.9 Å². The number of benzene rings is 1. The van der Waals surface area contributed by atoms with Crippen molar-refractivity contribution < 1.29 is 14.3 Å². The van der Waals surface area contributed by atoms with Crippen LogP contribution in [-0.4, -0.2) is 27.2 Å². The van der Waals surface area contributed by atoms with E-state index in [0.717, 1.165) is 6.07 Å². The number of aromatic carboxylic acids is 1. The van der Waals surface area contributed by atoms with E-state index in [2.05, 4.69) is 10.3 Å². The Balaban J connectivity index is 1.96. The van der Waals surface area contributed by atoms with Gasteiger partial charge in [0, 0.05) is 19.3 Å². The molecule has 0 radical (unpaired) electrons. The number of carboxylic acid groups (broad SMARTS) is 1. The maximum absolute atomic E-state index is 13.0. The molecule has 20 heavy (non-hydrogen) atoms. The first-order chi connectivity index (χ1) is 9.60. The molecule has 0 amide bonds. The van der Waals surface area contributed by atoms with Gasteiger partial charge in [-0.05, 0) is 18.2 Å². The van der Waals surface area contributed by atoms with Gasteiger partial charge < -0.3 is 15.0 Å². The summed E-state index contributed by atoms with van der Waals surface area (Å²) >= 11 is 0. The fraction of sp³-hybridized carbons (Fsp3) is 0.154. The van der Waals surface area contributed by atoms with Crippen molar-refractivity contribution in [2.75, 3.05) is 11.9 Å². The van der Waals surface area contributed by atoms with E-state index in [1.807, 2.05) is 6.07 Å². The minimum Gasteiger partial charge on any atom is -0.476 e. The third kappa shape index (κ3) is 3.11. The molecule has 0 aliphatic heterocycles. The van der Waals surface area contributed by atoms with Crippen molar-refractivity contribution in [1.82, 2.24) is 9.55 Å². The Kier molecular flexibility index (Phi) is 3.96. The summed E-state index contributed by atoms with van der Waals surface area (Å²) in [5.74, 6) is -1.55. The van der Waals surface area contributed by atoms with Crippen LogP contribution in [0.25, 0.3) is 0 Å². The highest BCUT2D eigenvalue weighted by Crippen LogP contribution is 2.15. The molecule has 0 atom stereocenters. The lowest BCUT2D eigenvalue weighted by Gasteiger charge is -2.08. The van der Waals surface area contributed by atoms with Gasteiger partial charge in [-0.1, -0.05) is 0 Å². The van der Waals surface area contributed by atoms with Crippen molar-refractivity contribution in [3.8, 4) is 6.07 Å². The van der Waals surface area contributed by atoms with Crippen LogP contribution < -0.4 is 5.32 Å². The summed E-state index contributed by atoms with van der Waals surface area (Å²) in [4.78, 5) is 14.4. The SMILES string of the molecule is N#Cc1cc(F)ccc1NCCn1cnc(C(=O)O)c1. The molecule has 0 saturated carbocycles. The number of nitrogens with one attached hydrogen (secondary N) is 1. The number of imidazole rings is 1. The van der Waals surface area contributed by atoms with Crippen LogP contribution in [0.2, 0.25) is 0 Å². The second kappa shape index (κ2) is 5.84. The standard InChI is InChI=1S/C13H11FN4O2/c14-10-1-2-11(9(5-10)6-15)16-3-4-18-7-12(13(19)20)17-8-18/h1-2,5,7-8,16H,3-4H2,(H,19,20). The van der Waals surface area contributed by atoms with Crippen LogP contribution >= 0.6 is 0 Å². The highest BCUT2D eigenvalue weighted by molar-refractivity contribution is 5.84. The van der Waals surface area contributed by atoms with Crippen molar-refractivity contribution in [2.24, 2.45) is 0 Å². The van der Waals surface area contributed by atoms with E-state index < -0.39 is 11.8 Å². The number of halogens is 1. The molecule has 102 valence electrons. The highest BCUT2D eigenvalue weighted by atomic mass is 19.1. The molecular formula is C13H11FN4O2. The van der Waals surface area contributed by atoms with Gasteiger partial charge in [0.15, 0.2) is 5.69 Å². The third-order valence-electron chi connectivity index (χ3n) is 2.64. The topological polar surface area (TPSA) is 90.9 Å². The number of anilines is 1. The molecule has 0 aliphatic rings. The van der Waals surface area contributed by atoms with Gasteiger partial charge in [0.05, 0.1) is 17.6 Å². The van der Waals surface area contributed by atoms with Gasteiger partial charge in [0.25, 0.3) is 0 Å². The lowest BCUT2D eigenvalue weighted by atomic mass is 10.2. The Morgan fingerprint density at radius 2 is 2.35 bits per heavy atom. The molecule has 1 aromatic carbocycles. The molecule has 7 heteroatoms. The van der Waals surface area contributed by atoms with Crippen molar-refractivity contribution >= 4 is 11.7 Å². The lowest BCUT2D eigenvalue weighted by Crippen LogP contribution is -2.10. The minimum absolute atomic E-state index is 0.0236. The summed E-state index contributed by atoms with van der Waals surface area (Å²) in [6.07, 6.45) is 2.83. The molecular weight excluding hydrogens is 263 g/mol. The summed E-state index contributed by atoms with van der Waals surface area (Å²) < 4.78 is 14.6. The summed E-state index contributed by atoms with van der Waals surface area (Å²) in [7, 11) is 0. The summed E-state index contributed by atoms with van der Waals surface area (Å²) in [5, 5.41) is 20.6. The second-order valence-corrected chi connectivity index (χ2v) is 4.03. The average molecular weight is 274 g/mol. The monoisotopic (exact) mass is 274 g/mol. The van der Waals surface area contributed by atoms with E-state index in [1.54, 1.807) is 4.57 Å². The molecule has 1 aromatic heterocycles. The van der Waals surface area contributed by atoms with Crippen LogP contribution in [0.5, 0.6) is 0 Å². The number of carbonyl (C=O) groups is 1. The fourth-order valence-electron chi connectivity index (χ4n) is 1.68. The molecule has 0 fully saturated rings. The van der Waals surface area contributed by atoms with Gasteiger partial charge in [-0.2, -0.15) is 5.26 Å². The van der Waals surface area contributed by atoms with Crippen LogP contribution in [0.3, 0.4) is 0 Å². The van der Waals surface area contributed by atoms with E-state index in [1.165, 1.54) is 24.7 Å². The van der Waals surface area contributed by atoms with Gasteiger partial charge in [-0.25, -0.2) is 14.2 Å². The van der Waals surface area contributed by atoms with E-state index >= 15 is 0 Å². The molecule has 0 bridgehead atoms. The lowest BCUT2D eigenvalue weighted by molar-refractivity contribution is 0.0691. The van der Waals surface area contributed by atoms with E-state index in [0.29, 0.717) is 18.8 Å². The zero-order chi connectivity index (χ0) is 14.5. The Bertz CT molecular complexity index is 675. The summed E-state index contributed by atoms with van der Waals surface area (Å²) in [6.45, 7) is 0.929. The number of aromatic nitrogens is 2. The Labute approximate surface area is 114 Å². The van der Waals surface area contributed by atoms with Crippen LogP contribution in [0, 0.1) is 17.1 Å². The number of nitriles is 1. The maximum atomic E-state index is 13.0. The summed E-state index contributed by atoms with van der Waals surface area (Å²) in [5.41, 5.74) is 0.735. The van der Waals surface area contributed by atoms with Crippen molar-refractivity contribution in [2.45, 2.75) is 6.54 Å². The Morgan fingerprint density at radius 3 is 3.00 bits per heavy atom. The fourth-order valence-corrected chi connectivity index (χ4v) is 1.68. The molecule has 0 aliphatic carbocycles. The molecule has 6 nitrogen and oxygen atoms in total. The maximum Gasteiger partial charge on any atom is 0.356 e. The zero-order valence-electron chi connectivity index (χ0n) is 10.4. The molecule has 2 aromatic rings. The first-order valence-electron chi connectivity index (χ1n) is 5.79. The molecule has 2 N–H and O–H groups in total. The quantitative estimate of drug-likeness (QED) is 0.866. The first kappa shape index (κ1) is 13.5. The third-order valence-corrected chi connectivity index (χ3v) is 2.64. The smallest absolute Gasteiger partial charge is 0.356 e. The molecule has 0 unspecified atom stereocenters. The van der Waals surface area contributed by atoms with Crippen molar-refractivity contribution in [1.29, 1.82) is 5.26 Å². The number of hydrogen-bond acceptors (Lipinski definition) is 4. The minimum atomic E-state index is -1.08. The van der Waals surface area contributed by atoms with E-state index in [-0.39, 0.29) is 11.3 Å². The Hall–Kier alpha value is -2.88. The normalized spacial score (nSPS) is 10.0. The average Bonchev–Trinajstić information content (AvgIpc) is 2.89. The molecule has 0 spiro atoms. The van der Waals surface area contributed by atoms with Crippen molar-refractivity contribution in [3.63, 3.8) is 0 Å². The summed E-state index contributed by atoms with van der Waals surface area (Å²) in [6, 6.07) is 5.82. The Morgan fingerprint density at radius 1 is 1.55 bits per heavy atom. The van der Waals surface area contributed by atoms with Gasteiger partial charge in [-0.15, -0.1) is 0 Å². The van der Waals surface area contributed by atoms with E-state index in [4.69, 9.17) is 10.4 Å². The number of hydrogen-bond donors (Lipinski definition) is 2. The number of nitrogens with zero attached hydrogens (tertiary/aromatic N) is 3. The van der Waals surface area contributed by atoms with Crippen LogP contribution in [0.4, 0.5) is 10.1 Å². The number of rotatable bonds is 5. The van der Waals surface area contributed by atoms with Crippen LogP contribution in [0.1, 0.15) is 16.1 Å². The number of carboxylic acids is 1. The van der Waals surface area contributed by atoms with Crippen LogP contribution in [0.15, 0.2) is 30.7 Å². The highest BCUT2D eigenvalue weighted by Gasteiger charge is 2.06. The van der Waals surface area contributed by atoms with Gasteiger partial charge >= 0.3 is 5.97 Å². The predicted molar refractivity (Wildman–Crippen MR) is 68.8 cm³/mol. The van der Waals surface area contributed by atoms with Crippen molar-refractivity contribution in [3.05, 3.63) is 47.8 Å². The van der Waals surface area contributed by atoms with E-state index in [9.17, 15) is 9.18 Å². The molecule has 0 saturated heterocycles. The molecule has 1 heterocycles. The zero-order valence-corrected chi connectivity index (χ0v) is 10.4. The van der Waals surface area contributed by atoms with Crippen LogP contribution in [-0.2, 0) is 6.54 Å².